The topological polar surface area (TPSA) is 26.0 Å². The Balaban J connectivity index is 2.31. The lowest BCUT2D eigenvalue weighted by Crippen LogP contribution is -1.90. The van der Waals surface area contributed by atoms with Crippen molar-refractivity contribution in [3.05, 3.63) is 24.0 Å². The summed E-state index contributed by atoms with van der Waals surface area (Å²) in [5, 5.41) is 0. The molecule has 0 aliphatic heterocycles. The van der Waals surface area contributed by atoms with Gasteiger partial charge in [-0.3, -0.25) is 0 Å². The maximum atomic E-state index is 12.7. The first kappa shape index (κ1) is 12.4. The zero-order valence-electron chi connectivity index (χ0n) is 9.13. The van der Waals surface area contributed by atoms with E-state index in [1.54, 1.807) is 17.8 Å². The molecule has 84 valence electrons. The number of unbranched alkanes of at least 4 members (excludes halogenated alkanes) is 3. The number of nitrogen functional groups attached to an aromatic ring is 1. The molecule has 0 fully saturated rings. The van der Waals surface area contributed by atoms with Gasteiger partial charge in [-0.15, -0.1) is 11.8 Å². The molecule has 0 unspecified atom stereocenters. The van der Waals surface area contributed by atoms with Gasteiger partial charge in [0, 0.05) is 10.6 Å². The Morgan fingerprint density at radius 2 is 2.07 bits per heavy atom. The molecule has 0 amide bonds. The van der Waals surface area contributed by atoms with Crippen LogP contribution in [-0.4, -0.2) is 5.75 Å². The third kappa shape index (κ3) is 4.56. The molecule has 0 spiro atoms. The molecule has 15 heavy (non-hydrogen) atoms. The molecular weight excluding hydrogens is 209 g/mol. The van der Waals surface area contributed by atoms with Gasteiger partial charge in [-0.25, -0.2) is 4.39 Å². The van der Waals surface area contributed by atoms with Gasteiger partial charge in [0.2, 0.25) is 0 Å². The SMILES string of the molecule is CCCCCCSc1ccc(F)cc1N. The predicted molar refractivity (Wildman–Crippen MR) is 65.7 cm³/mol. The Hall–Kier alpha value is -0.700. The van der Waals surface area contributed by atoms with Crippen LogP contribution in [0, 0.1) is 5.82 Å². The first-order valence-electron chi connectivity index (χ1n) is 5.42. The van der Waals surface area contributed by atoms with Gasteiger partial charge in [-0.2, -0.15) is 0 Å². The molecule has 0 radical (unpaired) electrons. The molecule has 0 aromatic heterocycles. The molecule has 1 rings (SSSR count). The fraction of sp³-hybridized carbons (Fsp3) is 0.500. The summed E-state index contributed by atoms with van der Waals surface area (Å²) in [6.07, 6.45) is 5.02. The highest BCUT2D eigenvalue weighted by Gasteiger charge is 2.00. The molecule has 0 heterocycles. The molecule has 0 aliphatic rings. The van der Waals surface area contributed by atoms with Crippen molar-refractivity contribution < 1.29 is 4.39 Å². The quantitative estimate of drug-likeness (QED) is 0.450. The van der Waals surface area contributed by atoms with Crippen LogP contribution in [0.4, 0.5) is 10.1 Å². The Morgan fingerprint density at radius 1 is 1.27 bits per heavy atom. The molecule has 2 N–H and O–H groups in total. The van der Waals surface area contributed by atoms with Gasteiger partial charge in [0.1, 0.15) is 5.82 Å². The largest absolute Gasteiger partial charge is 0.398 e. The van der Waals surface area contributed by atoms with Crippen LogP contribution in [0.1, 0.15) is 32.6 Å². The fourth-order valence-corrected chi connectivity index (χ4v) is 2.32. The molecule has 0 bridgehead atoms. The third-order valence-electron chi connectivity index (χ3n) is 2.23. The zero-order valence-corrected chi connectivity index (χ0v) is 9.95. The van der Waals surface area contributed by atoms with E-state index < -0.39 is 0 Å². The van der Waals surface area contributed by atoms with Gasteiger partial charge >= 0.3 is 0 Å². The normalized spacial score (nSPS) is 10.5. The predicted octanol–water partition coefficient (Wildman–Crippen LogP) is 4.08. The van der Waals surface area contributed by atoms with E-state index in [1.165, 1.54) is 37.8 Å². The summed E-state index contributed by atoms with van der Waals surface area (Å²) >= 11 is 1.71. The first-order valence-corrected chi connectivity index (χ1v) is 6.40. The third-order valence-corrected chi connectivity index (χ3v) is 3.40. The Morgan fingerprint density at radius 3 is 2.73 bits per heavy atom. The zero-order chi connectivity index (χ0) is 11.1. The van der Waals surface area contributed by atoms with E-state index in [0.717, 1.165) is 10.6 Å². The molecule has 1 aromatic carbocycles. The summed E-state index contributed by atoms with van der Waals surface area (Å²) in [5.74, 6) is 0.804. The summed E-state index contributed by atoms with van der Waals surface area (Å²) in [4.78, 5) is 0.993. The lowest BCUT2D eigenvalue weighted by Gasteiger charge is -2.04. The standard InChI is InChI=1S/C12H18FNS/c1-2-3-4-5-8-15-12-7-6-10(13)9-11(12)14/h6-7,9H,2-5,8,14H2,1H3. The van der Waals surface area contributed by atoms with Crippen molar-refractivity contribution in [3.8, 4) is 0 Å². The highest BCUT2D eigenvalue weighted by molar-refractivity contribution is 7.99. The summed E-state index contributed by atoms with van der Waals surface area (Å²) in [6.45, 7) is 2.20. The van der Waals surface area contributed by atoms with Gasteiger partial charge in [-0.1, -0.05) is 26.2 Å². The fourth-order valence-electron chi connectivity index (χ4n) is 1.36. The first-order chi connectivity index (χ1) is 7.24. The smallest absolute Gasteiger partial charge is 0.125 e. The second kappa shape index (κ2) is 6.72. The van der Waals surface area contributed by atoms with E-state index in [0.29, 0.717) is 5.69 Å². The number of rotatable bonds is 6. The number of anilines is 1. The van der Waals surface area contributed by atoms with Crippen LogP contribution in [-0.2, 0) is 0 Å². The summed E-state index contributed by atoms with van der Waals surface area (Å²) in [7, 11) is 0. The number of halogens is 1. The van der Waals surface area contributed by atoms with E-state index in [4.69, 9.17) is 5.73 Å². The molecule has 1 aromatic rings. The van der Waals surface area contributed by atoms with Crippen molar-refractivity contribution in [3.63, 3.8) is 0 Å². The lowest BCUT2D eigenvalue weighted by atomic mass is 10.2. The molecule has 0 aliphatic carbocycles. The van der Waals surface area contributed by atoms with Gasteiger partial charge in [0.15, 0.2) is 0 Å². The second-order valence-electron chi connectivity index (χ2n) is 3.59. The van der Waals surface area contributed by atoms with Gasteiger partial charge in [0.05, 0.1) is 0 Å². The van der Waals surface area contributed by atoms with Crippen LogP contribution in [0.3, 0.4) is 0 Å². The molecule has 0 saturated carbocycles. The highest BCUT2D eigenvalue weighted by atomic mass is 32.2. The van der Waals surface area contributed by atoms with E-state index in [1.807, 2.05) is 0 Å². The minimum Gasteiger partial charge on any atom is -0.398 e. The average molecular weight is 227 g/mol. The van der Waals surface area contributed by atoms with Crippen molar-refractivity contribution in [1.29, 1.82) is 0 Å². The second-order valence-corrected chi connectivity index (χ2v) is 4.73. The Kier molecular flexibility index (Phi) is 5.54. The van der Waals surface area contributed by atoms with Gasteiger partial charge in [0.25, 0.3) is 0 Å². The van der Waals surface area contributed by atoms with Crippen LogP contribution >= 0.6 is 11.8 Å². The number of hydrogen-bond acceptors (Lipinski definition) is 2. The summed E-state index contributed by atoms with van der Waals surface area (Å²) < 4.78 is 12.7. The Bertz CT molecular complexity index is 302. The van der Waals surface area contributed by atoms with Crippen LogP contribution in [0.15, 0.2) is 23.1 Å². The van der Waals surface area contributed by atoms with Crippen molar-refractivity contribution >= 4 is 17.4 Å². The minimum absolute atomic E-state index is 0.261. The maximum Gasteiger partial charge on any atom is 0.125 e. The maximum absolute atomic E-state index is 12.7. The van der Waals surface area contributed by atoms with Crippen LogP contribution in [0.5, 0.6) is 0 Å². The van der Waals surface area contributed by atoms with Crippen molar-refractivity contribution in [2.24, 2.45) is 0 Å². The Labute approximate surface area is 95.2 Å². The molecular formula is C12H18FNS. The van der Waals surface area contributed by atoms with Gasteiger partial charge < -0.3 is 5.73 Å². The summed E-state index contributed by atoms with van der Waals surface area (Å²) in [5.41, 5.74) is 6.25. The van der Waals surface area contributed by atoms with E-state index >= 15 is 0 Å². The van der Waals surface area contributed by atoms with E-state index in [9.17, 15) is 4.39 Å². The van der Waals surface area contributed by atoms with Crippen LogP contribution in [0.2, 0.25) is 0 Å². The molecule has 3 heteroatoms. The molecule has 0 saturated heterocycles. The van der Waals surface area contributed by atoms with Crippen LogP contribution < -0.4 is 5.73 Å². The molecule has 1 nitrogen and oxygen atoms in total. The minimum atomic E-state index is -0.261. The van der Waals surface area contributed by atoms with Crippen molar-refractivity contribution in [2.45, 2.75) is 37.5 Å². The van der Waals surface area contributed by atoms with Crippen molar-refractivity contribution in [1.82, 2.24) is 0 Å². The van der Waals surface area contributed by atoms with Crippen molar-refractivity contribution in [2.75, 3.05) is 11.5 Å². The van der Waals surface area contributed by atoms with Gasteiger partial charge in [-0.05, 0) is 30.4 Å². The monoisotopic (exact) mass is 227 g/mol. The lowest BCUT2D eigenvalue weighted by molar-refractivity contribution is 0.627. The highest BCUT2D eigenvalue weighted by Crippen LogP contribution is 2.26. The number of nitrogens with two attached hydrogens (primary N) is 1. The summed E-state index contributed by atoms with van der Waals surface area (Å²) in [6, 6.07) is 4.61. The van der Waals surface area contributed by atoms with E-state index in [-0.39, 0.29) is 5.82 Å². The number of benzene rings is 1. The molecule has 0 atom stereocenters. The average Bonchev–Trinajstić information content (AvgIpc) is 2.20. The number of hydrogen-bond donors (Lipinski definition) is 1. The van der Waals surface area contributed by atoms with Crippen LogP contribution in [0.25, 0.3) is 0 Å². The van der Waals surface area contributed by atoms with E-state index in [2.05, 4.69) is 6.92 Å². The number of thioether (sulfide) groups is 1.